The van der Waals surface area contributed by atoms with Crippen molar-refractivity contribution >= 4 is 35.2 Å². The maximum atomic E-state index is 13.8. The molecule has 1 saturated heterocycles. The topological polar surface area (TPSA) is 90.5 Å². The van der Waals surface area contributed by atoms with Crippen molar-refractivity contribution in [2.24, 2.45) is 0 Å². The van der Waals surface area contributed by atoms with E-state index in [0.717, 1.165) is 0 Å². The Morgan fingerprint density at radius 3 is 2.54 bits per heavy atom. The maximum absolute atomic E-state index is 13.8. The molecule has 0 atom stereocenters. The Labute approximate surface area is 166 Å². The fraction of sp³-hybridized carbons (Fsp3) is 0.333. The van der Waals surface area contributed by atoms with Crippen LogP contribution in [0.3, 0.4) is 0 Å². The van der Waals surface area contributed by atoms with Crippen LogP contribution in [0.5, 0.6) is 0 Å². The van der Waals surface area contributed by atoms with Gasteiger partial charge in [-0.25, -0.2) is 19.2 Å². The van der Waals surface area contributed by atoms with Crippen LogP contribution in [0.2, 0.25) is 5.02 Å². The molecular weight excluding hydrogens is 387 g/mol. The molecule has 0 bridgehead atoms. The molecule has 1 aliphatic rings. The molecule has 2 N–H and O–H groups in total. The zero-order valence-electron chi connectivity index (χ0n) is 15.1. The van der Waals surface area contributed by atoms with Crippen molar-refractivity contribution < 1.29 is 14.0 Å². The number of urea groups is 1. The number of carbonyl (C=O) groups excluding carboxylic acids is 2. The van der Waals surface area contributed by atoms with Crippen LogP contribution < -0.4 is 15.5 Å². The molecule has 0 saturated carbocycles. The largest absolute Gasteiger partial charge is 0.339 e. The highest BCUT2D eigenvalue weighted by Gasteiger charge is 2.22. The molecule has 8 nitrogen and oxygen atoms in total. The standard InChI is InChI=1S/C18H20ClFN6O2/c19-13-3-1-4-14(16(13)20)24-18(28)23-8-5-15(27)25-9-11-26(12-10-25)17-21-6-2-7-22-17/h1-4,6-7H,5,8-12H2,(H2,23,24,28). The van der Waals surface area contributed by atoms with E-state index in [1.54, 1.807) is 23.4 Å². The normalized spacial score (nSPS) is 13.9. The second-order valence-electron chi connectivity index (χ2n) is 6.15. The zero-order valence-corrected chi connectivity index (χ0v) is 15.8. The number of amides is 3. The number of carbonyl (C=O) groups is 2. The van der Waals surface area contributed by atoms with E-state index in [4.69, 9.17) is 11.6 Å². The van der Waals surface area contributed by atoms with Gasteiger partial charge in [0, 0.05) is 51.5 Å². The van der Waals surface area contributed by atoms with E-state index in [1.165, 1.54) is 18.2 Å². The van der Waals surface area contributed by atoms with E-state index in [1.807, 2.05) is 4.90 Å². The average Bonchev–Trinajstić information content (AvgIpc) is 2.72. The van der Waals surface area contributed by atoms with Crippen LogP contribution in [0.15, 0.2) is 36.7 Å². The molecule has 3 amide bonds. The van der Waals surface area contributed by atoms with Crippen LogP contribution >= 0.6 is 11.6 Å². The first kappa shape index (κ1) is 19.8. The number of hydrogen-bond donors (Lipinski definition) is 2. The maximum Gasteiger partial charge on any atom is 0.319 e. The van der Waals surface area contributed by atoms with Crippen molar-refractivity contribution in [3.05, 3.63) is 47.5 Å². The predicted octanol–water partition coefficient (Wildman–Crippen LogP) is 2.13. The Morgan fingerprint density at radius 2 is 1.82 bits per heavy atom. The Hall–Kier alpha value is -2.94. The number of anilines is 2. The van der Waals surface area contributed by atoms with Crippen molar-refractivity contribution in [2.45, 2.75) is 6.42 Å². The SMILES string of the molecule is O=C(NCCC(=O)N1CCN(c2ncccn2)CC1)Nc1cccc(Cl)c1F. The van der Waals surface area contributed by atoms with Gasteiger partial charge in [-0.2, -0.15) is 0 Å². The van der Waals surface area contributed by atoms with Crippen LogP contribution in [0.25, 0.3) is 0 Å². The molecule has 0 spiro atoms. The number of hydrogen-bond acceptors (Lipinski definition) is 5. The van der Waals surface area contributed by atoms with Crippen molar-refractivity contribution in [2.75, 3.05) is 42.9 Å². The Morgan fingerprint density at radius 1 is 1.11 bits per heavy atom. The molecule has 3 rings (SSSR count). The minimum absolute atomic E-state index is 0.0180. The minimum Gasteiger partial charge on any atom is -0.339 e. The number of aromatic nitrogens is 2. The molecule has 28 heavy (non-hydrogen) atoms. The highest BCUT2D eigenvalue weighted by molar-refractivity contribution is 6.31. The number of nitrogens with one attached hydrogen (secondary N) is 2. The highest BCUT2D eigenvalue weighted by Crippen LogP contribution is 2.21. The summed E-state index contributed by atoms with van der Waals surface area (Å²) in [5.74, 6) is -0.0975. The fourth-order valence-electron chi connectivity index (χ4n) is 2.82. The summed E-state index contributed by atoms with van der Waals surface area (Å²) in [6.07, 6.45) is 3.53. The Bertz CT molecular complexity index is 830. The zero-order chi connectivity index (χ0) is 19.9. The van der Waals surface area contributed by atoms with E-state index in [0.29, 0.717) is 32.1 Å². The first-order valence-electron chi connectivity index (χ1n) is 8.83. The molecule has 1 aromatic carbocycles. The monoisotopic (exact) mass is 406 g/mol. The van der Waals surface area contributed by atoms with E-state index >= 15 is 0 Å². The van der Waals surface area contributed by atoms with Crippen molar-refractivity contribution in [1.29, 1.82) is 0 Å². The van der Waals surface area contributed by atoms with Crippen molar-refractivity contribution in [1.82, 2.24) is 20.2 Å². The number of benzene rings is 1. The summed E-state index contributed by atoms with van der Waals surface area (Å²) in [5.41, 5.74) is -0.0180. The van der Waals surface area contributed by atoms with Crippen LogP contribution in [0.1, 0.15) is 6.42 Å². The van der Waals surface area contributed by atoms with Crippen LogP contribution in [0.4, 0.5) is 20.8 Å². The van der Waals surface area contributed by atoms with Crippen molar-refractivity contribution in [3.8, 4) is 0 Å². The number of nitrogens with zero attached hydrogens (tertiary/aromatic N) is 4. The summed E-state index contributed by atoms with van der Waals surface area (Å²) in [7, 11) is 0. The van der Waals surface area contributed by atoms with E-state index in [-0.39, 0.29) is 29.6 Å². The van der Waals surface area contributed by atoms with Crippen LogP contribution in [0, 0.1) is 5.82 Å². The highest BCUT2D eigenvalue weighted by atomic mass is 35.5. The summed E-state index contributed by atoms with van der Waals surface area (Å²) >= 11 is 5.67. The molecule has 1 fully saturated rings. The number of rotatable bonds is 5. The summed E-state index contributed by atoms with van der Waals surface area (Å²) in [4.78, 5) is 36.4. The van der Waals surface area contributed by atoms with Crippen LogP contribution in [-0.2, 0) is 4.79 Å². The van der Waals surface area contributed by atoms with Gasteiger partial charge in [0.2, 0.25) is 11.9 Å². The lowest BCUT2D eigenvalue weighted by molar-refractivity contribution is -0.131. The van der Waals surface area contributed by atoms with E-state index in [2.05, 4.69) is 20.6 Å². The van der Waals surface area contributed by atoms with Gasteiger partial charge >= 0.3 is 6.03 Å². The first-order chi connectivity index (χ1) is 13.5. The first-order valence-corrected chi connectivity index (χ1v) is 9.21. The smallest absolute Gasteiger partial charge is 0.319 e. The molecule has 0 aliphatic carbocycles. The number of piperazine rings is 1. The van der Waals surface area contributed by atoms with Gasteiger partial charge in [-0.3, -0.25) is 4.79 Å². The lowest BCUT2D eigenvalue weighted by Gasteiger charge is -2.34. The van der Waals surface area contributed by atoms with Gasteiger partial charge < -0.3 is 20.4 Å². The fourth-order valence-corrected chi connectivity index (χ4v) is 2.99. The Kier molecular flexibility index (Phi) is 6.59. The second-order valence-corrected chi connectivity index (χ2v) is 6.56. The second kappa shape index (κ2) is 9.32. The summed E-state index contributed by atoms with van der Waals surface area (Å²) in [5, 5.41) is 4.84. The molecule has 1 aliphatic heterocycles. The summed E-state index contributed by atoms with van der Waals surface area (Å²) in [6.45, 7) is 2.58. The van der Waals surface area contributed by atoms with Crippen LogP contribution in [-0.4, -0.2) is 59.5 Å². The van der Waals surface area contributed by atoms with E-state index < -0.39 is 11.8 Å². The third kappa shape index (κ3) is 5.07. The van der Waals surface area contributed by atoms with Gasteiger partial charge in [0.25, 0.3) is 0 Å². The van der Waals surface area contributed by atoms with Gasteiger partial charge in [-0.1, -0.05) is 17.7 Å². The molecule has 2 aromatic rings. The van der Waals surface area contributed by atoms with Gasteiger partial charge in [-0.05, 0) is 18.2 Å². The Balaban J connectivity index is 1.39. The molecule has 1 aromatic heterocycles. The van der Waals surface area contributed by atoms with Gasteiger partial charge in [-0.15, -0.1) is 0 Å². The minimum atomic E-state index is -0.698. The molecule has 2 heterocycles. The third-order valence-electron chi connectivity index (χ3n) is 4.29. The lowest BCUT2D eigenvalue weighted by atomic mass is 10.3. The van der Waals surface area contributed by atoms with Gasteiger partial charge in [0.05, 0.1) is 10.7 Å². The van der Waals surface area contributed by atoms with E-state index in [9.17, 15) is 14.0 Å². The molecular formula is C18H20ClFN6O2. The predicted molar refractivity (Wildman–Crippen MR) is 104 cm³/mol. The molecule has 0 unspecified atom stereocenters. The number of halogens is 2. The quantitative estimate of drug-likeness (QED) is 0.793. The summed E-state index contributed by atoms with van der Waals surface area (Å²) in [6, 6.07) is 5.49. The lowest BCUT2D eigenvalue weighted by Crippen LogP contribution is -2.49. The third-order valence-corrected chi connectivity index (χ3v) is 4.58. The average molecular weight is 407 g/mol. The molecule has 10 heteroatoms. The summed E-state index contributed by atoms with van der Waals surface area (Å²) < 4.78 is 13.8. The van der Waals surface area contributed by atoms with Gasteiger partial charge in [0.1, 0.15) is 0 Å². The van der Waals surface area contributed by atoms with Crippen molar-refractivity contribution in [3.63, 3.8) is 0 Å². The van der Waals surface area contributed by atoms with Gasteiger partial charge in [0.15, 0.2) is 5.82 Å². The molecule has 0 radical (unpaired) electrons. The molecule has 148 valence electrons.